The molecule has 0 aliphatic heterocycles. The smallest absolute Gasteiger partial charge is 0.478 e. The number of carboxylic acids is 1. The number of carbonyl (C=O) groups is 3. The summed E-state index contributed by atoms with van der Waals surface area (Å²) in [6.45, 7) is 3.10. The second-order valence-corrected chi connectivity index (χ2v) is 4.96. The van der Waals surface area contributed by atoms with Crippen molar-refractivity contribution in [3.05, 3.63) is 83.6 Å². The third-order valence-electron chi connectivity index (χ3n) is 3.44. The van der Waals surface area contributed by atoms with Crippen molar-refractivity contribution in [2.75, 3.05) is 6.61 Å². The predicted molar refractivity (Wildman–Crippen MR) is 89.6 cm³/mol. The van der Waals surface area contributed by atoms with E-state index >= 15 is 0 Å². The minimum atomic E-state index is -1.16. The van der Waals surface area contributed by atoms with Crippen molar-refractivity contribution >= 4 is 17.9 Å². The number of rotatable bonds is 7. The van der Waals surface area contributed by atoms with Crippen molar-refractivity contribution in [1.29, 1.82) is 0 Å². The zero-order valence-electron chi connectivity index (χ0n) is 13.3. The topological polar surface area (TPSA) is 89.9 Å². The third-order valence-corrected chi connectivity index (χ3v) is 3.44. The van der Waals surface area contributed by atoms with Crippen LogP contribution in [0.2, 0.25) is 0 Å². The van der Waals surface area contributed by atoms with E-state index in [2.05, 4.69) is 11.3 Å². The number of hydrogen-bond acceptors (Lipinski definition) is 5. The first kappa shape index (κ1) is 17.9. The van der Waals surface area contributed by atoms with Gasteiger partial charge in [-0.2, -0.15) is 0 Å². The average Bonchev–Trinajstić information content (AvgIpc) is 2.62. The molecule has 0 aromatic heterocycles. The number of carbonyl (C=O) groups excluding carboxylic acids is 2. The van der Waals surface area contributed by atoms with Crippen molar-refractivity contribution in [1.82, 2.24) is 0 Å². The third kappa shape index (κ3) is 4.54. The molecule has 128 valence electrons. The summed E-state index contributed by atoms with van der Waals surface area (Å²) in [5, 5.41) is 9.38. The summed E-state index contributed by atoms with van der Waals surface area (Å²) < 4.78 is 9.25. The van der Waals surface area contributed by atoms with E-state index in [4.69, 9.17) is 4.74 Å². The molecular weight excluding hydrogens is 324 g/mol. The molecular formula is C19H16O6. The van der Waals surface area contributed by atoms with Gasteiger partial charge in [0.15, 0.2) is 5.78 Å². The van der Waals surface area contributed by atoms with Gasteiger partial charge in [-0.1, -0.05) is 49.0 Å². The Bertz CT molecular complexity index is 795. The number of carboxylic acid groups (broad SMARTS) is 1. The molecule has 25 heavy (non-hydrogen) atoms. The van der Waals surface area contributed by atoms with Gasteiger partial charge < -0.3 is 14.6 Å². The monoisotopic (exact) mass is 340 g/mol. The SMILES string of the molecule is C=COC(=O)OCCc1c(C(=O)O)cccc1C(=O)c1ccccc1. The molecule has 1 N–H and O–H groups in total. The van der Waals surface area contributed by atoms with Crippen LogP contribution in [0, 0.1) is 0 Å². The molecule has 0 unspecified atom stereocenters. The first-order valence-electron chi connectivity index (χ1n) is 7.44. The summed E-state index contributed by atoms with van der Waals surface area (Å²) in [7, 11) is 0. The van der Waals surface area contributed by atoms with Crippen molar-refractivity contribution in [3.63, 3.8) is 0 Å². The minimum Gasteiger partial charge on any atom is -0.478 e. The Morgan fingerprint density at radius 3 is 2.32 bits per heavy atom. The van der Waals surface area contributed by atoms with Gasteiger partial charge in [0.05, 0.1) is 18.4 Å². The van der Waals surface area contributed by atoms with Crippen LogP contribution in [0.5, 0.6) is 0 Å². The Hall–Kier alpha value is -3.41. The maximum Gasteiger partial charge on any atom is 0.513 e. The maximum absolute atomic E-state index is 12.7. The van der Waals surface area contributed by atoms with E-state index in [0.29, 0.717) is 11.1 Å². The van der Waals surface area contributed by atoms with Gasteiger partial charge in [0.2, 0.25) is 0 Å². The highest BCUT2D eigenvalue weighted by Crippen LogP contribution is 2.20. The van der Waals surface area contributed by atoms with Gasteiger partial charge in [0.25, 0.3) is 0 Å². The van der Waals surface area contributed by atoms with Crippen LogP contribution in [-0.4, -0.2) is 29.6 Å². The van der Waals surface area contributed by atoms with Gasteiger partial charge in [0.1, 0.15) is 0 Å². The van der Waals surface area contributed by atoms with Crippen LogP contribution < -0.4 is 0 Å². The first-order valence-corrected chi connectivity index (χ1v) is 7.44. The molecule has 0 fully saturated rings. The minimum absolute atomic E-state index is 0.0116. The molecule has 0 saturated heterocycles. The molecule has 0 amide bonds. The van der Waals surface area contributed by atoms with Crippen LogP contribution in [0.4, 0.5) is 4.79 Å². The summed E-state index contributed by atoms with van der Waals surface area (Å²) in [5.41, 5.74) is 0.989. The summed E-state index contributed by atoms with van der Waals surface area (Å²) in [6, 6.07) is 13.0. The van der Waals surface area contributed by atoms with E-state index < -0.39 is 12.1 Å². The lowest BCUT2D eigenvalue weighted by atomic mass is 9.93. The number of ketones is 1. The summed E-state index contributed by atoms with van der Waals surface area (Å²) in [5.74, 6) is -1.46. The molecule has 2 aromatic carbocycles. The molecule has 0 spiro atoms. The largest absolute Gasteiger partial charge is 0.513 e. The zero-order valence-corrected chi connectivity index (χ0v) is 13.3. The molecule has 6 nitrogen and oxygen atoms in total. The number of benzene rings is 2. The van der Waals surface area contributed by atoms with Crippen LogP contribution in [0.25, 0.3) is 0 Å². The van der Waals surface area contributed by atoms with Crippen molar-refractivity contribution in [2.45, 2.75) is 6.42 Å². The van der Waals surface area contributed by atoms with Gasteiger partial charge in [0, 0.05) is 17.5 Å². The summed E-state index contributed by atoms with van der Waals surface area (Å²) in [4.78, 5) is 35.4. The van der Waals surface area contributed by atoms with E-state index in [0.717, 1.165) is 6.26 Å². The van der Waals surface area contributed by atoms with Crippen LogP contribution in [0.15, 0.2) is 61.4 Å². The fourth-order valence-electron chi connectivity index (χ4n) is 2.35. The zero-order chi connectivity index (χ0) is 18.2. The van der Waals surface area contributed by atoms with Crippen LogP contribution >= 0.6 is 0 Å². The lowest BCUT2D eigenvalue weighted by Crippen LogP contribution is -2.14. The molecule has 0 bridgehead atoms. The first-order chi connectivity index (χ1) is 12.0. The molecule has 0 radical (unpaired) electrons. The number of hydrogen-bond donors (Lipinski definition) is 1. The molecule has 0 aliphatic rings. The predicted octanol–water partition coefficient (Wildman–Crippen LogP) is 3.46. The van der Waals surface area contributed by atoms with E-state index in [-0.39, 0.29) is 29.9 Å². The lowest BCUT2D eigenvalue weighted by Gasteiger charge is -2.12. The standard InChI is InChI=1S/C19H16O6/c1-2-24-19(23)25-12-11-14-15(9-6-10-16(14)18(21)22)17(20)13-7-4-3-5-8-13/h2-10H,1,11-12H2,(H,21,22). The molecule has 2 aromatic rings. The highest BCUT2D eigenvalue weighted by molar-refractivity contribution is 6.11. The normalized spacial score (nSPS) is 9.92. The van der Waals surface area contributed by atoms with E-state index in [9.17, 15) is 19.5 Å². The number of aromatic carboxylic acids is 1. The van der Waals surface area contributed by atoms with E-state index in [1.54, 1.807) is 36.4 Å². The van der Waals surface area contributed by atoms with Crippen molar-refractivity contribution in [2.24, 2.45) is 0 Å². The van der Waals surface area contributed by atoms with Crippen LogP contribution in [0.3, 0.4) is 0 Å². The van der Waals surface area contributed by atoms with E-state index in [1.165, 1.54) is 12.1 Å². The molecule has 0 heterocycles. The van der Waals surface area contributed by atoms with Gasteiger partial charge >= 0.3 is 12.1 Å². The van der Waals surface area contributed by atoms with Crippen molar-refractivity contribution in [3.8, 4) is 0 Å². The highest BCUT2D eigenvalue weighted by Gasteiger charge is 2.20. The van der Waals surface area contributed by atoms with Gasteiger partial charge in [-0.25, -0.2) is 9.59 Å². The Labute approximate surface area is 144 Å². The fourth-order valence-corrected chi connectivity index (χ4v) is 2.35. The van der Waals surface area contributed by atoms with Gasteiger partial charge in [-0.3, -0.25) is 4.79 Å². The molecule has 6 heteroatoms. The molecule has 0 atom stereocenters. The Morgan fingerprint density at radius 1 is 1.00 bits per heavy atom. The summed E-state index contributed by atoms with van der Waals surface area (Å²) in [6.07, 6.45) is 0.0410. The molecule has 2 rings (SSSR count). The fraction of sp³-hybridized carbons (Fsp3) is 0.105. The molecule has 0 saturated carbocycles. The Kier molecular flexibility index (Phi) is 6.06. The lowest BCUT2D eigenvalue weighted by molar-refractivity contribution is 0.0695. The second-order valence-electron chi connectivity index (χ2n) is 4.96. The Morgan fingerprint density at radius 2 is 1.68 bits per heavy atom. The van der Waals surface area contributed by atoms with Crippen LogP contribution in [0.1, 0.15) is 31.8 Å². The number of ether oxygens (including phenoxy) is 2. The molecule has 0 aliphatic carbocycles. The van der Waals surface area contributed by atoms with Crippen LogP contribution in [-0.2, 0) is 15.9 Å². The maximum atomic E-state index is 12.7. The van der Waals surface area contributed by atoms with Crippen molar-refractivity contribution < 1.29 is 29.0 Å². The average molecular weight is 340 g/mol. The highest BCUT2D eigenvalue weighted by atomic mass is 16.7. The second kappa shape index (κ2) is 8.44. The van der Waals surface area contributed by atoms with Gasteiger partial charge in [-0.15, -0.1) is 0 Å². The van der Waals surface area contributed by atoms with E-state index in [1.807, 2.05) is 0 Å². The Balaban J connectivity index is 2.31. The van der Waals surface area contributed by atoms with Gasteiger partial charge in [-0.05, 0) is 11.6 Å². The summed E-state index contributed by atoms with van der Waals surface area (Å²) >= 11 is 0. The quantitative estimate of drug-likeness (QED) is 0.472.